The monoisotopic (exact) mass is 377 g/mol. The van der Waals surface area contributed by atoms with E-state index < -0.39 is 10.0 Å². The third-order valence-corrected chi connectivity index (χ3v) is 6.44. The molecule has 0 bridgehead atoms. The molecule has 0 saturated heterocycles. The summed E-state index contributed by atoms with van der Waals surface area (Å²) in [4.78, 5) is 1.01. The van der Waals surface area contributed by atoms with Gasteiger partial charge in [-0.1, -0.05) is 12.1 Å². The van der Waals surface area contributed by atoms with Gasteiger partial charge in [-0.15, -0.1) is 11.3 Å². The van der Waals surface area contributed by atoms with E-state index in [2.05, 4.69) is 15.9 Å². The van der Waals surface area contributed by atoms with E-state index >= 15 is 0 Å². The number of sulfonamides is 1. The van der Waals surface area contributed by atoms with Gasteiger partial charge in [0.15, 0.2) is 0 Å². The lowest BCUT2D eigenvalue weighted by molar-refractivity contribution is 0.465. The molecule has 0 N–H and O–H groups in total. The molecule has 108 valence electrons. The van der Waals surface area contributed by atoms with Crippen molar-refractivity contribution in [2.45, 2.75) is 18.4 Å². The van der Waals surface area contributed by atoms with Crippen LogP contribution in [0.5, 0.6) is 0 Å². The highest BCUT2D eigenvalue weighted by atomic mass is 79.9. The van der Waals surface area contributed by atoms with Gasteiger partial charge < -0.3 is 0 Å². The Balaban J connectivity index is 2.28. The van der Waals surface area contributed by atoms with Crippen LogP contribution >= 0.6 is 27.3 Å². The maximum atomic E-state index is 13.1. The third kappa shape index (κ3) is 3.28. The van der Waals surface area contributed by atoms with Gasteiger partial charge in [0.2, 0.25) is 10.0 Å². The van der Waals surface area contributed by atoms with Crippen molar-refractivity contribution in [1.82, 2.24) is 4.31 Å². The Bertz CT molecular complexity index is 728. The van der Waals surface area contributed by atoms with Gasteiger partial charge in [0.25, 0.3) is 0 Å². The minimum absolute atomic E-state index is 0.132. The van der Waals surface area contributed by atoms with E-state index in [1.54, 1.807) is 25.1 Å². The first-order valence-corrected chi connectivity index (χ1v) is 8.82. The second kappa shape index (κ2) is 5.93. The molecule has 0 unspecified atom stereocenters. The Morgan fingerprint density at radius 1 is 1.35 bits per heavy atom. The lowest BCUT2D eigenvalue weighted by Crippen LogP contribution is -2.26. The first kappa shape index (κ1) is 15.6. The van der Waals surface area contributed by atoms with E-state index in [-0.39, 0.29) is 17.3 Å². The normalized spacial score (nSPS) is 12.1. The number of aryl methyl sites for hydroxylation is 1. The van der Waals surface area contributed by atoms with Gasteiger partial charge in [0.1, 0.15) is 5.82 Å². The van der Waals surface area contributed by atoms with Crippen molar-refractivity contribution in [3.05, 3.63) is 50.4 Å². The second-order valence-corrected chi connectivity index (χ2v) is 9.01. The molecule has 2 rings (SSSR count). The Kier molecular flexibility index (Phi) is 4.63. The smallest absolute Gasteiger partial charge is 0.207 e. The molecule has 3 nitrogen and oxygen atoms in total. The highest BCUT2D eigenvalue weighted by Crippen LogP contribution is 2.31. The minimum atomic E-state index is -3.57. The molecule has 1 aromatic carbocycles. The van der Waals surface area contributed by atoms with Gasteiger partial charge in [0, 0.05) is 18.5 Å². The van der Waals surface area contributed by atoms with E-state index in [4.69, 9.17) is 0 Å². The standard InChI is InChI=1S/C13H13BrFNO2S2/c1-9-12(7-13(14)19-9)20(17,18)16(2)8-10-4-3-5-11(15)6-10/h3-7H,8H2,1-2H3. The van der Waals surface area contributed by atoms with Crippen LogP contribution in [0, 0.1) is 12.7 Å². The summed E-state index contributed by atoms with van der Waals surface area (Å²) in [6.07, 6.45) is 0. The predicted molar refractivity (Wildman–Crippen MR) is 81.8 cm³/mol. The highest BCUT2D eigenvalue weighted by Gasteiger charge is 2.24. The van der Waals surface area contributed by atoms with Crippen LogP contribution in [0.2, 0.25) is 0 Å². The molecule has 7 heteroatoms. The van der Waals surface area contributed by atoms with Gasteiger partial charge in [0.05, 0.1) is 8.68 Å². The largest absolute Gasteiger partial charge is 0.244 e. The molecule has 0 saturated carbocycles. The first-order valence-electron chi connectivity index (χ1n) is 5.77. The molecule has 20 heavy (non-hydrogen) atoms. The van der Waals surface area contributed by atoms with Gasteiger partial charge in [-0.25, -0.2) is 12.8 Å². The molecule has 1 aromatic heterocycles. The molecule has 0 aliphatic carbocycles. The number of nitrogens with zero attached hydrogens (tertiary/aromatic N) is 1. The fraction of sp³-hybridized carbons (Fsp3) is 0.231. The summed E-state index contributed by atoms with van der Waals surface area (Å²) in [6, 6.07) is 7.53. The molecule has 0 radical (unpaired) electrons. The summed E-state index contributed by atoms with van der Waals surface area (Å²) in [6.45, 7) is 1.89. The molecular formula is C13H13BrFNO2S2. The zero-order valence-corrected chi connectivity index (χ0v) is 14.1. The SMILES string of the molecule is Cc1sc(Br)cc1S(=O)(=O)N(C)Cc1cccc(F)c1. The molecule has 0 atom stereocenters. The van der Waals surface area contributed by atoms with Crippen molar-refractivity contribution in [2.24, 2.45) is 0 Å². The summed E-state index contributed by atoms with van der Waals surface area (Å²) in [5.41, 5.74) is 0.614. The average molecular weight is 378 g/mol. The van der Waals surface area contributed by atoms with Crippen molar-refractivity contribution in [1.29, 1.82) is 0 Å². The van der Waals surface area contributed by atoms with E-state index in [1.807, 2.05) is 0 Å². The summed E-state index contributed by atoms with van der Waals surface area (Å²) in [7, 11) is -2.08. The van der Waals surface area contributed by atoms with Gasteiger partial charge in [-0.3, -0.25) is 0 Å². The predicted octanol–water partition coefficient (Wildman–Crippen LogP) is 3.78. The van der Waals surface area contributed by atoms with Crippen LogP contribution in [-0.4, -0.2) is 19.8 Å². The van der Waals surface area contributed by atoms with E-state index in [1.165, 1.54) is 34.8 Å². The average Bonchev–Trinajstić information content (AvgIpc) is 2.69. The topological polar surface area (TPSA) is 37.4 Å². The second-order valence-electron chi connectivity index (χ2n) is 4.36. The van der Waals surface area contributed by atoms with Crippen LogP contribution < -0.4 is 0 Å². The lowest BCUT2D eigenvalue weighted by atomic mass is 10.2. The van der Waals surface area contributed by atoms with Crippen LogP contribution in [0.3, 0.4) is 0 Å². The molecule has 0 spiro atoms. The zero-order chi connectivity index (χ0) is 14.9. The minimum Gasteiger partial charge on any atom is -0.207 e. The molecule has 2 aromatic rings. The fourth-order valence-electron chi connectivity index (χ4n) is 1.83. The lowest BCUT2D eigenvalue weighted by Gasteiger charge is -2.17. The van der Waals surface area contributed by atoms with Crippen molar-refractivity contribution >= 4 is 37.3 Å². The van der Waals surface area contributed by atoms with Crippen LogP contribution in [0.15, 0.2) is 39.0 Å². The Hall–Kier alpha value is -0.760. The molecule has 0 aliphatic rings. The summed E-state index contributed by atoms with van der Waals surface area (Å²) >= 11 is 4.66. The van der Waals surface area contributed by atoms with Crippen molar-refractivity contribution in [3.63, 3.8) is 0 Å². The number of rotatable bonds is 4. The fourth-order valence-corrected chi connectivity index (χ4v) is 5.37. The zero-order valence-electron chi connectivity index (χ0n) is 10.9. The Morgan fingerprint density at radius 2 is 2.05 bits per heavy atom. The number of benzene rings is 1. The van der Waals surface area contributed by atoms with Crippen molar-refractivity contribution < 1.29 is 12.8 Å². The van der Waals surface area contributed by atoms with E-state index in [0.29, 0.717) is 5.56 Å². The molecule has 0 amide bonds. The van der Waals surface area contributed by atoms with E-state index in [9.17, 15) is 12.8 Å². The number of halogens is 2. The third-order valence-electron chi connectivity index (χ3n) is 2.82. The van der Waals surface area contributed by atoms with Crippen LogP contribution in [-0.2, 0) is 16.6 Å². The maximum absolute atomic E-state index is 13.1. The summed E-state index contributed by atoms with van der Waals surface area (Å²) in [5, 5.41) is 0. The number of thiophene rings is 1. The highest BCUT2D eigenvalue weighted by molar-refractivity contribution is 9.11. The van der Waals surface area contributed by atoms with Gasteiger partial charge in [-0.2, -0.15) is 4.31 Å². The summed E-state index contributed by atoms with van der Waals surface area (Å²) < 4.78 is 40.1. The molecule has 1 heterocycles. The molecule has 0 aliphatic heterocycles. The first-order chi connectivity index (χ1) is 9.30. The Morgan fingerprint density at radius 3 is 2.60 bits per heavy atom. The quantitative estimate of drug-likeness (QED) is 0.812. The van der Waals surface area contributed by atoms with Crippen molar-refractivity contribution in [2.75, 3.05) is 7.05 Å². The van der Waals surface area contributed by atoms with Gasteiger partial charge in [-0.05, 0) is 46.6 Å². The van der Waals surface area contributed by atoms with Gasteiger partial charge >= 0.3 is 0 Å². The number of hydrogen-bond donors (Lipinski definition) is 0. The van der Waals surface area contributed by atoms with E-state index in [0.717, 1.165) is 8.66 Å². The molecular weight excluding hydrogens is 365 g/mol. The number of hydrogen-bond acceptors (Lipinski definition) is 3. The van der Waals surface area contributed by atoms with Crippen molar-refractivity contribution in [3.8, 4) is 0 Å². The Labute approximate surface area is 130 Å². The molecule has 0 fully saturated rings. The van der Waals surface area contributed by atoms with Crippen LogP contribution in [0.1, 0.15) is 10.4 Å². The summed E-state index contributed by atoms with van der Waals surface area (Å²) in [5.74, 6) is -0.372. The van der Waals surface area contributed by atoms with Crippen LogP contribution in [0.25, 0.3) is 0 Å². The maximum Gasteiger partial charge on any atom is 0.244 e. The van der Waals surface area contributed by atoms with Crippen LogP contribution in [0.4, 0.5) is 4.39 Å².